The van der Waals surface area contributed by atoms with E-state index in [1.165, 1.54) is 0 Å². The van der Waals surface area contributed by atoms with Gasteiger partial charge in [-0.25, -0.2) is 9.97 Å². The Labute approximate surface area is 138 Å². The largest absolute Gasteiger partial charge is 0.245 e. The van der Waals surface area contributed by atoms with Crippen molar-refractivity contribution in [2.45, 2.75) is 55.4 Å². The van der Waals surface area contributed by atoms with Crippen LogP contribution in [0.1, 0.15) is 78.2 Å². The fourth-order valence-corrected chi connectivity index (χ4v) is 1.35. The third-order valence-corrected chi connectivity index (χ3v) is 2.04. The van der Waals surface area contributed by atoms with E-state index in [0.29, 0.717) is 0 Å². The highest BCUT2D eigenvalue weighted by atomic mass is 14.8. The SMILES string of the molecule is C=Cc1nc(/C=C\C)c(/C=C\C)nc1C=C.CC.CC.CC. The summed E-state index contributed by atoms with van der Waals surface area (Å²) in [6.45, 7) is 23.4. The van der Waals surface area contributed by atoms with Gasteiger partial charge in [0.15, 0.2) is 0 Å². The van der Waals surface area contributed by atoms with E-state index in [9.17, 15) is 0 Å². The van der Waals surface area contributed by atoms with Crippen molar-refractivity contribution < 1.29 is 0 Å². The highest BCUT2D eigenvalue weighted by Crippen LogP contribution is 2.14. The average molecular weight is 303 g/mol. The van der Waals surface area contributed by atoms with Gasteiger partial charge in [-0.15, -0.1) is 0 Å². The molecule has 0 aromatic carbocycles. The first-order chi connectivity index (χ1) is 10.8. The van der Waals surface area contributed by atoms with Crippen molar-refractivity contribution in [3.05, 3.63) is 48.1 Å². The number of allylic oxidation sites excluding steroid dienone is 2. The highest BCUT2D eigenvalue weighted by Gasteiger charge is 2.05. The van der Waals surface area contributed by atoms with Gasteiger partial charge < -0.3 is 0 Å². The molecule has 0 amide bonds. The Morgan fingerprint density at radius 2 is 0.864 bits per heavy atom. The van der Waals surface area contributed by atoms with E-state index in [-0.39, 0.29) is 0 Å². The van der Waals surface area contributed by atoms with E-state index in [1.807, 2.05) is 79.7 Å². The first kappa shape index (κ1) is 25.0. The van der Waals surface area contributed by atoms with Crippen LogP contribution in [0.25, 0.3) is 24.3 Å². The van der Waals surface area contributed by atoms with Crippen LogP contribution in [0.4, 0.5) is 0 Å². The lowest BCUT2D eigenvalue weighted by atomic mass is 10.2. The van der Waals surface area contributed by atoms with Gasteiger partial charge in [0, 0.05) is 0 Å². The zero-order valence-corrected chi connectivity index (χ0v) is 15.8. The smallest absolute Gasteiger partial charge is 0.0891 e. The molecule has 0 unspecified atom stereocenters. The van der Waals surface area contributed by atoms with Crippen LogP contribution in [0.2, 0.25) is 0 Å². The van der Waals surface area contributed by atoms with Crippen molar-refractivity contribution in [1.82, 2.24) is 9.97 Å². The third-order valence-electron chi connectivity index (χ3n) is 2.04. The molecule has 0 saturated carbocycles. The Balaban J connectivity index is -0.000000535. The van der Waals surface area contributed by atoms with Crippen molar-refractivity contribution in [2.24, 2.45) is 0 Å². The van der Waals surface area contributed by atoms with E-state index in [4.69, 9.17) is 0 Å². The Kier molecular flexibility index (Phi) is 21.7. The Hall–Kier alpha value is -1.96. The van der Waals surface area contributed by atoms with Gasteiger partial charge in [0.1, 0.15) is 0 Å². The van der Waals surface area contributed by atoms with Crippen LogP contribution in [-0.2, 0) is 0 Å². The molecule has 0 fully saturated rings. The summed E-state index contributed by atoms with van der Waals surface area (Å²) in [5.74, 6) is 0. The number of aromatic nitrogens is 2. The fourth-order valence-electron chi connectivity index (χ4n) is 1.35. The first-order valence-corrected chi connectivity index (χ1v) is 8.19. The number of hydrogen-bond acceptors (Lipinski definition) is 2. The van der Waals surface area contributed by atoms with E-state index >= 15 is 0 Å². The second-order valence-electron chi connectivity index (χ2n) is 3.17. The molecular formula is C20H34N2. The molecule has 2 heteroatoms. The van der Waals surface area contributed by atoms with Gasteiger partial charge in [-0.1, -0.05) is 66.9 Å². The fraction of sp³-hybridized carbons (Fsp3) is 0.400. The van der Waals surface area contributed by atoms with Gasteiger partial charge in [-0.2, -0.15) is 0 Å². The molecule has 0 atom stereocenters. The van der Waals surface area contributed by atoms with Crippen molar-refractivity contribution >= 4 is 24.3 Å². The predicted octanol–water partition coefficient (Wildman–Crippen LogP) is 6.91. The Morgan fingerprint density at radius 3 is 1.05 bits per heavy atom. The normalized spacial score (nSPS) is 8.91. The zero-order valence-electron chi connectivity index (χ0n) is 15.8. The number of hydrogen-bond donors (Lipinski definition) is 0. The predicted molar refractivity (Wildman–Crippen MR) is 106 cm³/mol. The average Bonchev–Trinajstić information content (AvgIpc) is 2.61. The van der Waals surface area contributed by atoms with Gasteiger partial charge in [-0.3, -0.25) is 0 Å². The van der Waals surface area contributed by atoms with E-state index in [1.54, 1.807) is 12.2 Å². The van der Waals surface area contributed by atoms with E-state index in [2.05, 4.69) is 23.1 Å². The summed E-state index contributed by atoms with van der Waals surface area (Å²) in [6, 6.07) is 0. The number of rotatable bonds is 4. The summed E-state index contributed by atoms with van der Waals surface area (Å²) >= 11 is 0. The van der Waals surface area contributed by atoms with Gasteiger partial charge in [0.05, 0.1) is 22.8 Å². The van der Waals surface area contributed by atoms with Crippen LogP contribution in [0.15, 0.2) is 25.3 Å². The lowest BCUT2D eigenvalue weighted by Crippen LogP contribution is -1.99. The van der Waals surface area contributed by atoms with Crippen molar-refractivity contribution in [3.8, 4) is 0 Å². The second-order valence-corrected chi connectivity index (χ2v) is 3.17. The summed E-state index contributed by atoms with van der Waals surface area (Å²) in [7, 11) is 0. The van der Waals surface area contributed by atoms with Gasteiger partial charge in [0.25, 0.3) is 0 Å². The van der Waals surface area contributed by atoms with Crippen LogP contribution in [0.3, 0.4) is 0 Å². The van der Waals surface area contributed by atoms with Crippen LogP contribution in [0.5, 0.6) is 0 Å². The lowest BCUT2D eigenvalue weighted by molar-refractivity contribution is 1.12. The standard InChI is InChI=1S/C14H16N2.3C2H6/c1-5-9-13-14(10-6-2)16-12(8-4)11(7-3)15-13;3*1-2/h5-10H,3-4H2,1-2H3;3*1-2H3/b9-5-,10-6-;;;. The van der Waals surface area contributed by atoms with Crippen molar-refractivity contribution in [1.29, 1.82) is 0 Å². The molecule has 0 radical (unpaired) electrons. The molecule has 0 N–H and O–H groups in total. The minimum Gasteiger partial charge on any atom is -0.245 e. The molecule has 124 valence electrons. The minimum absolute atomic E-state index is 0.761. The second kappa shape index (κ2) is 19.0. The highest BCUT2D eigenvalue weighted by molar-refractivity contribution is 5.65. The minimum atomic E-state index is 0.761. The maximum atomic E-state index is 4.48. The summed E-state index contributed by atoms with van der Waals surface area (Å²) in [4.78, 5) is 8.96. The van der Waals surface area contributed by atoms with Crippen LogP contribution >= 0.6 is 0 Å². The Bertz CT molecular complexity index is 412. The molecule has 0 bridgehead atoms. The van der Waals surface area contributed by atoms with E-state index < -0.39 is 0 Å². The van der Waals surface area contributed by atoms with Crippen LogP contribution < -0.4 is 0 Å². The van der Waals surface area contributed by atoms with Crippen molar-refractivity contribution in [3.63, 3.8) is 0 Å². The molecule has 1 aromatic rings. The molecule has 0 spiro atoms. The van der Waals surface area contributed by atoms with Crippen LogP contribution in [0, 0.1) is 0 Å². The molecule has 1 rings (SSSR count). The maximum absolute atomic E-state index is 4.48. The monoisotopic (exact) mass is 302 g/mol. The molecule has 1 heterocycles. The molecule has 0 aliphatic heterocycles. The summed E-state index contributed by atoms with van der Waals surface area (Å²) in [6.07, 6.45) is 11.1. The Morgan fingerprint density at radius 1 is 0.591 bits per heavy atom. The lowest BCUT2D eigenvalue weighted by Gasteiger charge is -2.05. The molecule has 0 aliphatic carbocycles. The summed E-state index contributed by atoms with van der Waals surface area (Å²) < 4.78 is 0. The van der Waals surface area contributed by atoms with Gasteiger partial charge in [0.2, 0.25) is 0 Å². The first-order valence-electron chi connectivity index (χ1n) is 8.19. The molecular weight excluding hydrogens is 268 g/mol. The third kappa shape index (κ3) is 9.06. The molecule has 0 saturated heterocycles. The molecule has 0 aliphatic rings. The quantitative estimate of drug-likeness (QED) is 0.604. The maximum Gasteiger partial charge on any atom is 0.0891 e. The van der Waals surface area contributed by atoms with Gasteiger partial charge >= 0.3 is 0 Å². The van der Waals surface area contributed by atoms with E-state index in [0.717, 1.165) is 22.8 Å². The topological polar surface area (TPSA) is 25.8 Å². The van der Waals surface area contributed by atoms with Crippen LogP contribution in [-0.4, -0.2) is 9.97 Å². The van der Waals surface area contributed by atoms with Crippen molar-refractivity contribution in [2.75, 3.05) is 0 Å². The molecule has 22 heavy (non-hydrogen) atoms. The zero-order chi connectivity index (χ0) is 18.0. The summed E-state index contributed by atoms with van der Waals surface area (Å²) in [5.41, 5.74) is 3.22. The van der Waals surface area contributed by atoms with Gasteiger partial charge in [-0.05, 0) is 38.2 Å². The summed E-state index contributed by atoms with van der Waals surface area (Å²) in [5, 5.41) is 0. The number of nitrogens with zero attached hydrogens (tertiary/aromatic N) is 2. The molecule has 2 nitrogen and oxygen atoms in total. The molecule has 1 aromatic heterocycles.